The van der Waals surface area contributed by atoms with Gasteiger partial charge in [-0.15, -0.1) is 0 Å². The molecule has 0 spiro atoms. The summed E-state index contributed by atoms with van der Waals surface area (Å²) in [5.74, 6) is -0.364. The molecule has 0 bridgehead atoms. The number of rotatable bonds is 7. The third-order valence-corrected chi connectivity index (χ3v) is 4.95. The summed E-state index contributed by atoms with van der Waals surface area (Å²) < 4.78 is 42.0. The summed E-state index contributed by atoms with van der Waals surface area (Å²) in [5, 5.41) is 0. The second-order valence-electron chi connectivity index (χ2n) is 8.17. The van der Waals surface area contributed by atoms with Crippen LogP contribution in [0.4, 0.5) is 13.2 Å². The minimum Gasteiger partial charge on any atom is -0.497 e. The monoisotopic (exact) mass is 447 g/mol. The fraction of sp³-hybridized carbons (Fsp3) is 0.348. The average molecular weight is 447 g/mol. The zero-order chi connectivity index (χ0) is 23.5. The molecule has 0 fully saturated rings. The lowest BCUT2D eigenvalue weighted by molar-refractivity contribution is -0.126. The van der Waals surface area contributed by atoms with Gasteiger partial charge in [-0.05, 0) is 50.1 Å². The van der Waals surface area contributed by atoms with E-state index in [1.54, 1.807) is 13.2 Å². The van der Waals surface area contributed by atoms with Gasteiger partial charge in [0, 0.05) is 16.7 Å². The number of halogens is 3. The molecule has 1 heterocycles. The van der Waals surface area contributed by atoms with E-state index in [4.69, 9.17) is 9.73 Å². The van der Waals surface area contributed by atoms with Gasteiger partial charge in [0.2, 0.25) is 0 Å². The van der Waals surface area contributed by atoms with E-state index in [1.807, 2.05) is 42.9 Å². The highest BCUT2D eigenvalue weighted by Crippen LogP contribution is 2.31. The highest BCUT2D eigenvalue weighted by Gasteiger charge is 2.29. The third kappa shape index (κ3) is 5.94. The number of alkyl halides is 3. The van der Waals surface area contributed by atoms with Crippen molar-refractivity contribution in [1.82, 2.24) is 10.9 Å². The maximum atomic E-state index is 13.0. The molecule has 2 N–H and O–H groups in total. The van der Waals surface area contributed by atoms with Crippen LogP contribution in [0.3, 0.4) is 0 Å². The lowest BCUT2D eigenvalue weighted by atomic mass is 9.85. The van der Waals surface area contributed by atoms with Crippen LogP contribution in [0.1, 0.15) is 52.1 Å². The largest absolute Gasteiger partial charge is 0.497 e. The molecule has 6 nitrogen and oxygen atoms in total. The van der Waals surface area contributed by atoms with Crippen LogP contribution < -0.4 is 15.6 Å². The highest BCUT2D eigenvalue weighted by molar-refractivity contribution is 6.17. The molecule has 0 unspecified atom stereocenters. The standard InChI is InChI=1S/C23H24F3N3O3/c1-22(2)12-16-7-8-17(32-3)10-18(16)19(28-22)11-20(30)14-5-4-6-15(9-14)21(31)29-27-13-23(24,25)26/h4-10,27H,11-13H2,1-3H3,(H,29,31). The molecule has 3 rings (SSSR count). The zero-order valence-electron chi connectivity index (χ0n) is 18.0. The Hall–Kier alpha value is -3.20. The van der Waals surface area contributed by atoms with Crippen molar-refractivity contribution in [3.63, 3.8) is 0 Å². The molecule has 170 valence electrons. The maximum absolute atomic E-state index is 13.0. The molecule has 0 saturated heterocycles. The van der Waals surface area contributed by atoms with Crippen LogP contribution in [-0.4, -0.2) is 42.8 Å². The Labute approximate surface area is 183 Å². The number of fused-ring (bicyclic) bond motifs is 1. The highest BCUT2D eigenvalue weighted by atomic mass is 19.4. The molecule has 1 amide bonds. The Morgan fingerprint density at radius 3 is 2.53 bits per heavy atom. The number of Topliss-reactive ketones (excluding diaryl/α,β-unsaturated/α-hetero) is 1. The Kier molecular flexibility index (Phi) is 6.68. The van der Waals surface area contributed by atoms with Crippen molar-refractivity contribution >= 4 is 17.4 Å². The first kappa shape index (κ1) is 23.5. The van der Waals surface area contributed by atoms with Gasteiger partial charge in [0.15, 0.2) is 5.78 Å². The Bertz CT molecular complexity index is 1060. The Morgan fingerprint density at radius 1 is 1.12 bits per heavy atom. The molecule has 9 heteroatoms. The minimum absolute atomic E-state index is 0.0149. The molecule has 0 saturated carbocycles. The number of methoxy groups -OCH3 is 1. The van der Waals surface area contributed by atoms with E-state index in [1.165, 1.54) is 18.2 Å². The first-order valence-corrected chi connectivity index (χ1v) is 9.97. The van der Waals surface area contributed by atoms with Crippen LogP contribution in [0.2, 0.25) is 0 Å². The quantitative estimate of drug-likeness (QED) is 0.499. The van der Waals surface area contributed by atoms with Crippen LogP contribution in [0.25, 0.3) is 0 Å². The fourth-order valence-corrected chi connectivity index (χ4v) is 3.56. The Morgan fingerprint density at radius 2 is 1.84 bits per heavy atom. The summed E-state index contributed by atoms with van der Waals surface area (Å²) in [5.41, 5.74) is 6.32. The first-order valence-electron chi connectivity index (χ1n) is 9.97. The summed E-state index contributed by atoms with van der Waals surface area (Å²) in [6.07, 6.45) is -3.72. The average Bonchev–Trinajstić information content (AvgIpc) is 2.71. The topological polar surface area (TPSA) is 79.8 Å². The zero-order valence-corrected chi connectivity index (χ0v) is 18.0. The number of hydrogen-bond donors (Lipinski definition) is 2. The molecule has 0 aliphatic carbocycles. The predicted molar refractivity (Wildman–Crippen MR) is 114 cm³/mol. The van der Waals surface area contributed by atoms with E-state index < -0.39 is 18.6 Å². The predicted octanol–water partition coefficient (Wildman–Crippen LogP) is 3.89. The van der Waals surface area contributed by atoms with Crippen molar-refractivity contribution < 1.29 is 27.5 Å². The molecular weight excluding hydrogens is 423 g/mol. The van der Waals surface area contributed by atoms with Gasteiger partial charge in [-0.2, -0.15) is 13.2 Å². The molecule has 2 aromatic rings. The van der Waals surface area contributed by atoms with E-state index in [2.05, 4.69) is 0 Å². The summed E-state index contributed by atoms with van der Waals surface area (Å²) in [4.78, 5) is 29.9. The van der Waals surface area contributed by atoms with Crippen LogP contribution >= 0.6 is 0 Å². The van der Waals surface area contributed by atoms with Gasteiger partial charge in [-0.25, -0.2) is 5.43 Å². The SMILES string of the molecule is COc1ccc2c(c1)C(CC(=O)c1cccc(C(=O)NNCC(F)(F)F)c1)=NC(C)(C)C2. The van der Waals surface area contributed by atoms with E-state index in [0.29, 0.717) is 11.5 Å². The van der Waals surface area contributed by atoms with Crippen molar-refractivity contribution in [3.8, 4) is 5.75 Å². The number of amides is 1. The molecule has 2 aromatic carbocycles. The number of carbonyl (C=O) groups is 2. The lowest BCUT2D eigenvalue weighted by Gasteiger charge is -2.29. The molecule has 1 aliphatic rings. The van der Waals surface area contributed by atoms with Crippen LogP contribution in [0, 0.1) is 0 Å². The second-order valence-corrected chi connectivity index (χ2v) is 8.17. The third-order valence-electron chi connectivity index (χ3n) is 4.95. The number of benzene rings is 2. The normalized spacial score (nSPS) is 14.9. The number of nitrogens with zero attached hydrogens (tertiary/aromatic N) is 1. The van der Waals surface area contributed by atoms with Crippen molar-refractivity contribution in [1.29, 1.82) is 0 Å². The number of aliphatic imine (C=N–C) groups is 1. The van der Waals surface area contributed by atoms with Crippen LogP contribution in [0.15, 0.2) is 47.5 Å². The Balaban J connectivity index is 1.78. The number of ether oxygens (including phenoxy) is 1. The summed E-state index contributed by atoms with van der Waals surface area (Å²) in [6.45, 7) is 2.61. The van der Waals surface area contributed by atoms with Gasteiger partial charge < -0.3 is 4.74 Å². The number of hydrogen-bond acceptors (Lipinski definition) is 5. The smallest absolute Gasteiger partial charge is 0.402 e. The minimum atomic E-state index is -4.46. The molecule has 0 aromatic heterocycles. The maximum Gasteiger partial charge on any atom is 0.402 e. The molecule has 0 atom stereocenters. The van der Waals surface area contributed by atoms with Gasteiger partial charge in [0.05, 0.1) is 24.8 Å². The second kappa shape index (κ2) is 9.12. The van der Waals surface area contributed by atoms with Gasteiger partial charge in [0.1, 0.15) is 12.3 Å². The molecule has 1 aliphatic heterocycles. The summed E-state index contributed by atoms with van der Waals surface area (Å²) >= 11 is 0. The van der Waals surface area contributed by atoms with Crippen molar-refractivity contribution in [2.24, 2.45) is 4.99 Å². The van der Waals surface area contributed by atoms with E-state index in [9.17, 15) is 22.8 Å². The van der Waals surface area contributed by atoms with Gasteiger partial charge in [0.25, 0.3) is 5.91 Å². The van der Waals surface area contributed by atoms with Gasteiger partial charge >= 0.3 is 6.18 Å². The molecule has 0 radical (unpaired) electrons. The van der Waals surface area contributed by atoms with Crippen molar-refractivity contribution in [2.45, 2.75) is 38.4 Å². The lowest BCUT2D eigenvalue weighted by Crippen LogP contribution is -2.42. The van der Waals surface area contributed by atoms with Crippen molar-refractivity contribution in [2.75, 3.05) is 13.7 Å². The van der Waals surface area contributed by atoms with Gasteiger partial charge in [-0.3, -0.25) is 20.0 Å². The summed E-state index contributed by atoms with van der Waals surface area (Å²) in [7, 11) is 1.57. The number of hydrazine groups is 1. The van der Waals surface area contributed by atoms with E-state index in [0.717, 1.165) is 17.5 Å². The van der Waals surface area contributed by atoms with Crippen molar-refractivity contribution in [3.05, 3.63) is 64.7 Å². The first-order chi connectivity index (χ1) is 15.0. The number of nitrogens with one attached hydrogen (secondary N) is 2. The summed E-state index contributed by atoms with van der Waals surface area (Å²) in [6, 6.07) is 11.5. The molecular formula is C23H24F3N3O3. The fourth-order valence-electron chi connectivity index (χ4n) is 3.56. The van der Waals surface area contributed by atoms with E-state index in [-0.39, 0.29) is 28.9 Å². The number of ketones is 1. The van der Waals surface area contributed by atoms with Crippen LogP contribution in [0.5, 0.6) is 5.75 Å². The van der Waals surface area contributed by atoms with E-state index >= 15 is 0 Å². The molecule has 32 heavy (non-hydrogen) atoms. The van der Waals surface area contributed by atoms with Crippen LogP contribution in [-0.2, 0) is 6.42 Å². The number of carbonyl (C=O) groups excluding carboxylic acids is 2. The van der Waals surface area contributed by atoms with Gasteiger partial charge in [-0.1, -0.05) is 18.2 Å².